The number of hydrogen-bond acceptors (Lipinski definition) is 4. The number of pyridine rings is 1. The van der Waals surface area contributed by atoms with E-state index >= 15 is 0 Å². The van der Waals surface area contributed by atoms with Crippen molar-refractivity contribution in [1.82, 2.24) is 10.3 Å². The van der Waals surface area contributed by atoms with Gasteiger partial charge < -0.3 is 15.2 Å². The Morgan fingerprint density at radius 3 is 2.75 bits per heavy atom. The van der Waals surface area contributed by atoms with E-state index in [9.17, 15) is 9.50 Å². The van der Waals surface area contributed by atoms with Crippen LogP contribution in [0, 0.1) is 5.82 Å². The monoisotopic (exact) mass is 326 g/mol. The fourth-order valence-corrected chi connectivity index (χ4v) is 2.65. The van der Waals surface area contributed by atoms with Gasteiger partial charge in [-0.3, -0.25) is 4.98 Å². The highest BCUT2D eigenvalue weighted by atomic mass is 19.1. The summed E-state index contributed by atoms with van der Waals surface area (Å²) < 4.78 is 18.8. The van der Waals surface area contributed by atoms with Gasteiger partial charge in [-0.25, -0.2) is 4.39 Å². The van der Waals surface area contributed by atoms with Gasteiger partial charge in [-0.2, -0.15) is 0 Å². The average molecular weight is 326 g/mol. The van der Waals surface area contributed by atoms with Crippen LogP contribution in [0.4, 0.5) is 4.39 Å². The van der Waals surface area contributed by atoms with Gasteiger partial charge in [-0.1, -0.05) is 18.2 Å². The van der Waals surface area contributed by atoms with E-state index in [-0.39, 0.29) is 5.82 Å². The molecule has 1 heterocycles. The standard InChI is InChI=1S/C19H19FN2O2/c1-24-17-6-4-13(5-7-17)18(23)12-21-11-15-10-16(20)9-14-3-2-8-22-19(14)15/h2-10,18,21,23H,11-12H2,1H3. The molecule has 1 aromatic heterocycles. The van der Waals surface area contributed by atoms with Crippen LogP contribution in [0.5, 0.6) is 5.75 Å². The molecule has 3 rings (SSSR count). The van der Waals surface area contributed by atoms with Crippen LogP contribution in [0.25, 0.3) is 10.9 Å². The normalized spacial score (nSPS) is 12.3. The molecule has 24 heavy (non-hydrogen) atoms. The number of nitrogens with zero attached hydrogens (tertiary/aromatic N) is 1. The molecule has 2 aromatic carbocycles. The quantitative estimate of drug-likeness (QED) is 0.730. The van der Waals surface area contributed by atoms with E-state index in [0.717, 1.165) is 27.8 Å². The van der Waals surface area contributed by atoms with E-state index in [4.69, 9.17) is 4.74 Å². The third kappa shape index (κ3) is 3.69. The minimum Gasteiger partial charge on any atom is -0.497 e. The maximum Gasteiger partial charge on any atom is 0.124 e. The molecule has 0 aliphatic carbocycles. The summed E-state index contributed by atoms with van der Waals surface area (Å²) in [6.07, 6.45) is 1.04. The van der Waals surface area contributed by atoms with Crippen LogP contribution in [0.2, 0.25) is 0 Å². The number of methoxy groups -OCH3 is 1. The lowest BCUT2D eigenvalue weighted by molar-refractivity contribution is 0.174. The maximum absolute atomic E-state index is 13.7. The number of benzene rings is 2. The van der Waals surface area contributed by atoms with Crippen LogP contribution in [0.3, 0.4) is 0 Å². The highest BCUT2D eigenvalue weighted by molar-refractivity contribution is 5.81. The van der Waals surface area contributed by atoms with Gasteiger partial charge in [0.1, 0.15) is 11.6 Å². The van der Waals surface area contributed by atoms with Crippen LogP contribution in [-0.2, 0) is 6.54 Å². The third-order valence-corrected chi connectivity index (χ3v) is 3.90. The first kappa shape index (κ1) is 16.4. The molecule has 2 N–H and O–H groups in total. The van der Waals surface area contributed by atoms with Crippen LogP contribution < -0.4 is 10.1 Å². The molecule has 0 amide bonds. The second kappa shape index (κ2) is 7.38. The van der Waals surface area contributed by atoms with Crippen molar-refractivity contribution in [2.75, 3.05) is 13.7 Å². The number of aliphatic hydroxyl groups excluding tert-OH is 1. The van der Waals surface area contributed by atoms with Gasteiger partial charge >= 0.3 is 0 Å². The Bertz CT molecular complexity index is 821. The molecule has 1 atom stereocenters. The summed E-state index contributed by atoms with van der Waals surface area (Å²) >= 11 is 0. The van der Waals surface area contributed by atoms with E-state index in [1.54, 1.807) is 19.4 Å². The van der Waals surface area contributed by atoms with Gasteiger partial charge in [0.05, 0.1) is 18.7 Å². The van der Waals surface area contributed by atoms with Crippen molar-refractivity contribution in [3.63, 3.8) is 0 Å². The molecule has 0 radical (unpaired) electrons. The number of ether oxygens (including phenoxy) is 1. The van der Waals surface area contributed by atoms with E-state index < -0.39 is 6.10 Å². The number of nitrogens with one attached hydrogen (secondary N) is 1. The van der Waals surface area contributed by atoms with Gasteiger partial charge in [0.25, 0.3) is 0 Å². The molecule has 0 saturated heterocycles. The lowest BCUT2D eigenvalue weighted by Crippen LogP contribution is -2.21. The maximum atomic E-state index is 13.7. The largest absolute Gasteiger partial charge is 0.497 e. The van der Waals surface area contributed by atoms with Crippen molar-refractivity contribution in [2.24, 2.45) is 0 Å². The van der Waals surface area contributed by atoms with Crippen molar-refractivity contribution in [1.29, 1.82) is 0 Å². The number of halogens is 1. The minimum absolute atomic E-state index is 0.289. The number of hydrogen-bond donors (Lipinski definition) is 2. The van der Waals surface area contributed by atoms with E-state index in [0.29, 0.717) is 13.1 Å². The van der Waals surface area contributed by atoms with Crippen molar-refractivity contribution in [3.05, 3.63) is 71.7 Å². The second-order valence-corrected chi connectivity index (χ2v) is 5.56. The molecule has 124 valence electrons. The van der Waals surface area contributed by atoms with E-state index in [2.05, 4.69) is 10.3 Å². The van der Waals surface area contributed by atoms with Gasteiger partial charge in [0.15, 0.2) is 0 Å². The van der Waals surface area contributed by atoms with Crippen LogP contribution in [0.15, 0.2) is 54.7 Å². The average Bonchev–Trinajstić information content (AvgIpc) is 2.61. The molecule has 4 nitrogen and oxygen atoms in total. The molecule has 0 aliphatic rings. The van der Waals surface area contributed by atoms with Crippen LogP contribution >= 0.6 is 0 Å². The fraction of sp³-hybridized carbons (Fsp3) is 0.211. The Morgan fingerprint density at radius 1 is 1.21 bits per heavy atom. The van der Waals surface area contributed by atoms with Crippen LogP contribution in [0.1, 0.15) is 17.2 Å². The molecule has 0 bridgehead atoms. The summed E-state index contributed by atoms with van der Waals surface area (Å²) in [5.74, 6) is 0.458. The van der Waals surface area contributed by atoms with Crippen molar-refractivity contribution < 1.29 is 14.2 Å². The first-order valence-electron chi connectivity index (χ1n) is 7.73. The van der Waals surface area contributed by atoms with Gasteiger partial charge in [0, 0.05) is 24.7 Å². The molecular weight excluding hydrogens is 307 g/mol. The van der Waals surface area contributed by atoms with Gasteiger partial charge in [-0.05, 0) is 41.5 Å². The second-order valence-electron chi connectivity index (χ2n) is 5.56. The lowest BCUT2D eigenvalue weighted by atomic mass is 10.1. The zero-order valence-electron chi connectivity index (χ0n) is 13.4. The molecule has 5 heteroatoms. The molecule has 0 aliphatic heterocycles. The van der Waals surface area contributed by atoms with Crippen molar-refractivity contribution in [3.8, 4) is 5.75 Å². The minimum atomic E-state index is -0.649. The number of aliphatic hydroxyl groups is 1. The van der Waals surface area contributed by atoms with E-state index in [1.807, 2.05) is 30.3 Å². The molecule has 0 fully saturated rings. The topological polar surface area (TPSA) is 54.4 Å². The SMILES string of the molecule is COc1ccc(C(O)CNCc2cc(F)cc3cccnc23)cc1. The summed E-state index contributed by atoms with van der Waals surface area (Å²) in [6.45, 7) is 0.787. The van der Waals surface area contributed by atoms with Crippen molar-refractivity contribution >= 4 is 10.9 Å². The zero-order chi connectivity index (χ0) is 16.9. The summed E-state index contributed by atoms with van der Waals surface area (Å²) in [5.41, 5.74) is 2.34. The molecule has 3 aromatic rings. The molecule has 0 spiro atoms. The molecule has 0 saturated carbocycles. The predicted molar refractivity (Wildman–Crippen MR) is 91.4 cm³/mol. The Morgan fingerprint density at radius 2 is 2.00 bits per heavy atom. The summed E-state index contributed by atoms with van der Waals surface area (Å²) in [4.78, 5) is 4.31. The highest BCUT2D eigenvalue weighted by Crippen LogP contribution is 2.19. The third-order valence-electron chi connectivity index (χ3n) is 3.90. The number of rotatable bonds is 6. The molecular formula is C19H19FN2O2. The Labute approximate surface area is 139 Å². The van der Waals surface area contributed by atoms with Gasteiger partial charge in [0.2, 0.25) is 0 Å². The first-order chi connectivity index (χ1) is 11.7. The molecule has 1 unspecified atom stereocenters. The fourth-order valence-electron chi connectivity index (χ4n) is 2.65. The van der Waals surface area contributed by atoms with Crippen molar-refractivity contribution in [2.45, 2.75) is 12.6 Å². The highest BCUT2D eigenvalue weighted by Gasteiger charge is 2.09. The Balaban J connectivity index is 1.65. The first-order valence-corrected chi connectivity index (χ1v) is 7.73. The summed E-state index contributed by atoms with van der Waals surface area (Å²) in [5, 5.41) is 14.2. The number of aromatic nitrogens is 1. The van der Waals surface area contributed by atoms with Crippen LogP contribution in [-0.4, -0.2) is 23.7 Å². The smallest absolute Gasteiger partial charge is 0.124 e. The van der Waals surface area contributed by atoms with E-state index in [1.165, 1.54) is 12.1 Å². The van der Waals surface area contributed by atoms with Gasteiger partial charge in [-0.15, -0.1) is 0 Å². The summed E-state index contributed by atoms with van der Waals surface area (Å²) in [7, 11) is 1.60. The predicted octanol–water partition coefficient (Wildman–Crippen LogP) is 3.21. The summed E-state index contributed by atoms with van der Waals surface area (Å²) in [6, 6.07) is 13.8. The number of fused-ring (bicyclic) bond motifs is 1. The Kier molecular flexibility index (Phi) is 5.03. The zero-order valence-corrected chi connectivity index (χ0v) is 13.4. The lowest BCUT2D eigenvalue weighted by Gasteiger charge is -2.13. The Hall–Kier alpha value is -2.50.